The van der Waals surface area contributed by atoms with E-state index in [0.29, 0.717) is 5.41 Å². The van der Waals surface area contributed by atoms with E-state index in [1.807, 2.05) is 0 Å². The first-order valence-electron chi connectivity index (χ1n) is 8.92. The maximum Gasteiger partial charge on any atom is 0.0587 e. The van der Waals surface area contributed by atoms with Crippen molar-refractivity contribution in [1.29, 1.82) is 0 Å². The van der Waals surface area contributed by atoms with Gasteiger partial charge in [0.05, 0.1) is 6.61 Å². The Labute approximate surface area is 127 Å². The van der Waals surface area contributed by atoms with Gasteiger partial charge in [0.25, 0.3) is 0 Å². The van der Waals surface area contributed by atoms with Crippen LogP contribution in [0.4, 0.5) is 0 Å². The summed E-state index contributed by atoms with van der Waals surface area (Å²) in [6, 6.07) is 0. The first-order valence-corrected chi connectivity index (χ1v) is 8.92. The van der Waals surface area contributed by atoms with Gasteiger partial charge in [-0.3, -0.25) is 0 Å². The van der Waals surface area contributed by atoms with E-state index in [4.69, 9.17) is 4.74 Å². The predicted molar refractivity (Wildman–Crippen MR) is 88.2 cm³/mol. The topological polar surface area (TPSA) is 21.3 Å². The molecule has 1 atom stereocenters. The van der Waals surface area contributed by atoms with E-state index in [0.717, 1.165) is 19.1 Å². The molecule has 0 aromatic rings. The Kier molecular flexibility index (Phi) is 9.54. The zero-order chi connectivity index (χ0) is 14.7. The summed E-state index contributed by atoms with van der Waals surface area (Å²) in [6.45, 7) is 7.80. The van der Waals surface area contributed by atoms with Crippen LogP contribution in [0.5, 0.6) is 0 Å². The van der Waals surface area contributed by atoms with Gasteiger partial charge < -0.3 is 10.1 Å². The first-order chi connectivity index (χ1) is 9.73. The molecular weight excluding hydrogens is 246 g/mol. The van der Waals surface area contributed by atoms with Crippen LogP contribution in [0, 0.1) is 11.3 Å². The zero-order valence-electron chi connectivity index (χ0n) is 14.2. The second-order valence-corrected chi connectivity index (χ2v) is 6.97. The van der Waals surface area contributed by atoms with E-state index in [2.05, 4.69) is 19.2 Å². The molecule has 1 saturated carbocycles. The van der Waals surface area contributed by atoms with Crippen LogP contribution in [0.25, 0.3) is 0 Å². The third kappa shape index (κ3) is 7.64. The number of methoxy groups -OCH3 is 1. The summed E-state index contributed by atoms with van der Waals surface area (Å²) in [7, 11) is 1.78. The molecule has 1 aliphatic rings. The average molecular weight is 284 g/mol. The third-order valence-electron chi connectivity index (χ3n) is 4.93. The van der Waals surface area contributed by atoms with Gasteiger partial charge in [0.15, 0.2) is 0 Å². The maximum atomic E-state index is 5.12. The molecular formula is C18H37NO. The van der Waals surface area contributed by atoms with Gasteiger partial charge in [0.1, 0.15) is 0 Å². The Morgan fingerprint density at radius 1 is 1.05 bits per heavy atom. The molecule has 0 amide bonds. The molecule has 0 radical (unpaired) electrons. The molecule has 2 nitrogen and oxygen atoms in total. The van der Waals surface area contributed by atoms with Crippen molar-refractivity contribution in [1.82, 2.24) is 5.32 Å². The van der Waals surface area contributed by atoms with E-state index in [1.165, 1.54) is 70.8 Å². The van der Waals surface area contributed by atoms with Crippen molar-refractivity contribution in [2.24, 2.45) is 11.3 Å². The SMILES string of the molecule is CCCCCCCCCC(C)(CNCCOC)C1CC1. The van der Waals surface area contributed by atoms with Crippen molar-refractivity contribution in [3.63, 3.8) is 0 Å². The van der Waals surface area contributed by atoms with Crippen molar-refractivity contribution in [2.45, 2.75) is 78.1 Å². The minimum Gasteiger partial charge on any atom is -0.383 e. The van der Waals surface area contributed by atoms with Gasteiger partial charge >= 0.3 is 0 Å². The highest BCUT2D eigenvalue weighted by molar-refractivity contribution is 4.92. The molecule has 20 heavy (non-hydrogen) atoms. The second kappa shape index (κ2) is 10.6. The molecule has 1 rings (SSSR count). The van der Waals surface area contributed by atoms with Crippen LogP contribution in [-0.2, 0) is 4.74 Å². The fraction of sp³-hybridized carbons (Fsp3) is 1.00. The minimum atomic E-state index is 0.539. The second-order valence-electron chi connectivity index (χ2n) is 6.97. The van der Waals surface area contributed by atoms with Crippen molar-refractivity contribution < 1.29 is 4.74 Å². The van der Waals surface area contributed by atoms with E-state index in [-0.39, 0.29) is 0 Å². The summed E-state index contributed by atoms with van der Waals surface area (Å²) in [5.74, 6) is 0.984. The zero-order valence-corrected chi connectivity index (χ0v) is 14.2. The number of hydrogen-bond donors (Lipinski definition) is 1. The number of ether oxygens (including phenoxy) is 1. The van der Waals surface area contributed by atoms with Crippen molar-refractivity contribution >= 4 is 0 Å². The number of rotatable bonds is 14. The Balaban J connectivity index is 2.08. The lowest BCUT2D eigenvalue weighted by atomic mass is 9.79. The van der Waals surface area contributed by atoms with Crippen LogP contribution < -0.4 is 5.32 Å². The maximum absolute atomic E-state index is 5.12. The van der Waals surface area contributed by atoms with Crippen LogP contribution in [0.3, 0.4) is 0 Å². The highest BCUT2D eigenvalue weighted by Gasteiger charge is 2.40. The number of nitrogens with one attached hydrogen (secondary N) is 1. The van der Waals surface area contributed by atoms with Crippen molar-refractivity contribution in [3.05, 3.63) is 0 Å². The number of hydrogen-bond acceptors (Lipinski definition) is 2. The van der Waals surface area contributed by atoms with E-state index in [1.54, 1.807) is 7.11 Å². The van der Waals surface area contributed by atoms with Gasteiger partial charge in [-0.1, -0.05) is 58.8 Å². The van der Waals surface area contributed by atoms with E-state index < -0.39 is 0 Å². The molecule has 0 spiro atoms. The lowest BCUT2D eigenvalue weighted by molar-refractivity contribution is 0.182. The van der Waals surface area contributed by atoms with Crippen LogP contribution in [0.1, 0.15) is 78.1 Å². The molecule has 0 aromatic carbocycles. The van der Waals surface area contributed by atoms with Gasteiger partial charge in [0.2, 0.25) is 0 Å². The monoisotopic (exact) mass is 283 g/mol. The molecule has 0 bridgehead atoms. The van der Waals surface area contributed by atoms with Crippen LogP contribution in [0.2, 0.25) is 0 Å². The predicted octanol–water partition coefficient (Wildman–Crippen LogP) is 4.78. The van der Waals surface area contributed by atoms with E-state index >= 15 is 0 Å². The van der Waals surface area contributed by atoms with Crippen LogP contribution >= 0.6 is 0 Å². The summed E-state index contributed by atoms with van der Waals surface area (Å²) < 4.78 is 5.12. The Bertz CT molecular complexity index is 227. The Morgan fingerprint density at radius 3 is 2.30 bits per heavy atom. The van der Waals surface area contributed by atoms with Crippen LogP contribution in [-0.4, -0.2) is 26.8 Å². The van der Waals surface area contributed by atoms with Gasteiger partial charge in [-0.25, -0.2) is 0 Å². The molecule has 1 unspecified atom stereocenters. The normalized spacial score (nSPS) is 18.1. The standard InChI is InChI=1S/C18H37NO/c1-4-5-6-7-8-9-10-13-18(2,17-11-12-17)16-19-14-15-20-3/h17,19H,4-16H2,1-3H3. The molecule has 1 fully saturated rings. The summed E-state index contributed by atoms with van der Waals surface area (Å²) in [5.41, 5.74) is 0.539. The Morgan fingerprint density at radius 2 is 1.70 bits per heavy atom. The highest BCUT2D eigenvalue weighted by atomic mass is 16.5. The average Bonchev–Trinajstić information content (AvgIpc) is 3.28. The first kappa shape index (κ1) is 18.0. The van der Waals surface area contributed by atoms with E-state index in [9.17, 15) is 0 Å². The van der Waals surface area contributed by atoms with Gasteiger partial charge in [-0.2, -0.15) is 0 Å². The molecule has 1 N–H and O–H groups in total. The minimum absolute atomic E-state index is 0.539. The summed E-state index contributed by atoms with van der Waals surface area (Å²) in [6.07, 6.45) is 14.3. The molecule has 0 heterocycles. The third-order valence-corrected chi connectivity index (χ3v) is 4.93. The summed E-state index contributed by atoms with van der Waals surface area (Å²) in [4.78, 5) is 0. The van der Waals surface area contributed by atoms with Gasteiger partial charge in [0, 0.05) is 20.2 Å². The Hall–Kier alpha value is -0.0800. The quantitative estimate of drug-likeness (QED) is 0.463. The lowest BCUT2D eigenvalue weighted by Gasteiger charge is -2.30. The molecule has 0 aliphatic heterocycles. The van der Waals surface area contributed by atoms with Crippen LogP contribution in [0.15, 0.2) is 0 Å². The molecule has 0 aromatic heterocycles. The smallest absolute Gasteiger partial charge is 0.0587 e. The number of unbranched alkanes of at least 4 members (excludes halogenated alkanes) is 6. The fourth-order valence-electron chi connectivity index (χ4n) is 3.25. The molecule has 0 saturated heterocycles. The highest BCUT2D eigenvalue weighted by Crippen LogP contribution is 2.48. The molecule has 120 valence electrons. The summed E-state index contributed by atoms with van der Waals surface area (Å²) >= 11 is 0. The van der Waals surface area contributed by atoms with Crippen molar-refractivity contribution in [2.75, 3.05) is 26.8 Å². The van der Waals surface area contributed by atoms with Crippen molar-refractivity contribution in [3.8, 4) is 0 Å². The van der Waals surface area contributed by atoms with Gasteiger partial charge in [-0.15, -0.1) is 0 Å². The fourth-order valence-corrected chi connectivity index (χ4v) is 3.25. The van der Waals surface area contributed by atoms with Gasteiger partial charge in [-0.05, 0) is 30.6 Å². The lowest BCUT2D eigenvalue weighted by Crippen LogP contribution is -2.35. The largest absolute Gasteiger partial charge is 0.383 e. The summed E-state index contributed by atoms with van der Waals surface area (Å²) in [5, 5.41) is 3.59. The molecule has 1 aliphatic carbocycles. The molecule has 2 heteroatoms.